The van der Waals surface area contributed by atoms with Crippen LogP contribution in [0.4, 0.5) is 5.69 Å². The molecule has 0 fully saturated rings. The predicted molar refractivity (Wildman–Crippen MR) is 57.6 cm³/mol. The maximum absolute atomic E-state index is 11.2. The third-order valence-corrected chi connectivity index (χ3v) is 2.35. The molecule has 1 amide bonds. The fourth-order valence-corrected chi connectivity index (χ4v) is 1.68. The van der Waals surface area contributed by atoms with Gasteiger partial charge >= 0.3 is 0 Å². The van der Waals surface area contributed by atoms with Crippen LogP contribution in [-0.2, 0) is 0 Å². The zero-order chi connectivity index (χ0) is 12.5. The largest absolute Gasteiger partial charge is 0.496 e. The summed E-state index contributed by atoms with van der Waals surface area (Å²) in [5.74, 6) is -0.481. The molecule has 0 heterocycles. The molecule has 16 heavy (non-hydrogen) atoms. The first kappa shape index (κ1) is 12.0. The molecule has 0 saturated heterocycles. The van der Waals surface area contributed by atoms with Crippen molar-refractivity contribution in [1.82, 2.24) is 0 Å². The van der Waals surface area contributed by atoms with E-state index in [0.29, 0.717) is 5.56 Å². The zero-order valence-corrected chi connectivity index (χ0v) is 9.23. The van der Waals surface area contributed by atoms with Crippen molar-refractivity contribution in [2.45, 2.75) is 13.8 Å². The molecule has 0 bridgehead atoms. The lowest BCUT2D eigenvalue weighted by atomic mass is 10.0. The van der Waals surface area contributed by atoms with Gasteiger partial charge in [-0.05, 0) is 19.9 Å². The van der Waals surface area contributed by atoms with Gasteiger partial charge in [-0.1, -0.05) is 0 Å². The van der Waals surface area contributed by atoms with Crippen molar-refractivity contribution in [3.05, 3.63) is 32.9 Å². The van der Waals surface area contributed by atoms with E-state index in [2.05, 4.69) is 0 Å². The molecule has 0 radical (unpaired) electrons. The Bertz CT molecular complexity index is 468. The first-order valence-corrected chi connectivity index (χ1v) is 4.52. The normalized spacial score (nSPS) is 9.94. The molecule has 86 valence electrons. The fourth-order valence-electron chi connectivity index (χ4n) is 1.68. The molecule has 0 spiro atoms. The molecule has 0 aliphatic carbocycles. The third-order valence-electron chi connectivity index (χ3n) is 2.35. The van der Waals surface area contributed by atoms with Crippen molar-refractivity contribution >= 4 is 11.6 Å². The lowest BCUT2D eigenvalue weighted by Crippen LogP contribution is -2.15. The number of ether oxygens (including phenoxy) is 1. The highest BCUT2D eigenvalue weighted by molar-refractivity contribution is 5.98. The minimum atomic E-state index is -0.738. The zero-order valence-electron chi connectivity index (χ0n) is 9.23. The van der Waals surface area contributed by atoms with Crippen molar-refractivity contribution in [3.63, 3.8) is 0 Å². The molecule has 2 N–H and O–H groups in total. The van der Waals surface area contributed by atoms with Crippen molar-refractivity contribution < 1.29 is 14.5 Å². The second kappa shape index (κ2) is 4.18. The average Bonchev–Trinajstić information content (AvgIpc) is 2.14. The summed E-state index contributed by atoms with van der Waals surface area (Å²) in [5, 5.41) is 10.8. The summed E-state index contributed by atoms with van der Waals surface area (Å²) in [7, 11) is 1.38. The molecule has 6 heteroatoms. The van der Waals surface area contributed by atoms with E-state index in [-0.39, 0.29) is 22.6 Å². The standard InChI is InChI=1S/C10H12N2O4/c1-5-4-7(16-3)8(10(11)13)6(2)9(5)12(14)15/h4H,1-3H3,(H2,11,13). The Morgan fingerprint density at radius 2 is 2.06 bits per heavy atom. The Labute approximate surface area is 92.2 Å². The number of nitro groups is 1. The van der Waals surface area contributed by atoms with Crippen LogP contribution in [0.15, 0.2) is 6.07 Å². The average molecular weight is 224 g/mol. The number of nitrogens with zero attached hydrogens (tertiary/aromatic N) is 1. The Kier molecular flexibility index (Phi) is 3.12. The lowest BCUT2D eigenvalue weighted by molar-refractivity contribution is -0.386. The third kappa shape index (κ3) is 1.81. The molecule has 1 aromatic rings. The summed E-state index contributed by atoms with van der Waals surface area (Å²) in [5.41, 5.74) is 5.79. The van der Waals surface area contributed by atoms with Crippen molar-refractivity contribution in [1.29, 1.82) is 0 Å². The number of carbonyl (C=O) groups excluding carboxylic acids is 1. The summed E-state index contributed by atoms with van der Waals surface area (Å²) in [6.07, 6.45) is 0. The van der Waals surface area contributed by atoms with Crippen LogP contribution in [0.2, 0.25) is 0 Å². The molecule has 0 unspecified atom stereocenters. The molecule has 1 rings (SSSR count). The van der Waals surface area contributed by atoms with Gasteiger partial charge in [0, 0.05) is 11.1 Å². The number of aryl methyl sites for hydroxylation is 1. The number of hydrogen-bond acceptors (Lipinski definition) is 4. The molecule has 0 saturated carbocycles. The summed E-state index contributed by atoms with van der Waals surface area (Å²) in [6, 6.07) is 1.44. The smallest absolute Gasteiger partial charge is 0.276 e. The van der Waals surface area contributed by atoms with Crippen LogP contribution in [0.25, 0.3) is 0 Å². The van der Waals surface area contributed by atoms with E-state index >= 15 is 0 Å². The van der Waals surface area contributed by atoms with Gasteiger partial charge in [-0.3, -0.25) is 14.9 Å². The van der Waals surface area contributed by atoms with Gasteiger partial charge in [-0.15, -0.1) is 0 Å². The number of primary amides is 1. The van der Waals surface area contributed by atoms with E-state index < -0.39 is 10.8 Å². The van der Waals surface area contributed by atoms with Gasteiger partial charge in [0.25, 0.3) is 11.6 Å². The Morgan fingerprint density at radius 1 is 1.50 bits per heavy atom. The number of rotatable bonds is 3. The molecule has 0 aliphatic rings. The predicted octanol–water partition coefficient (Wildman–Crippen LogP) is 1.32. The van der Waals surface area contributed by atoms with Crippen LogP contribution in [0, 0.1) is 24.0 Å². The van der Waals surface area contributed by atoms with Crippen LogP contribution < -0.4 is 10.5 Å². The second-order valence-electron chi connectivity index (χ2n) is 3.37. The SMILES string of the molecule is COc1cc(C)c([N+](=O)[O-])c(C)c1C(N)=O. The van der Waals surface area contributed by atoms with Crippen LogP contribution >= 0.6 is 0 Å². The van der Waals surface area contributed by atoms with Crippen molar-refractivity contribution in [2.75, 3.05) is 7.11 Å². The Morgan fingerprint density at radius 3 is 2.44 bits per heavy atom. The minimum Gasteiger partial charge on any atom is -0.496 e. The van der Waals surface area contributed by atoms with Crippen LogP contribution in [-0.4, -0.2) is 17.9 Å². The van der Waals surface area contributed by atoms with Crippen LogP contribution in [0.3, 0.4) is 0 Å². The van der Waals surface area contributed by atoms with E-state index in [4.69, 9.17) is 10.5 Å². The second-order valence-corrected chi connectivity index (χ2v) is 3.37. The number of hydrogen-bond donors (Lipinski definition) is 1. The number of nitrogens with two attached hydrogens (primary N) is 1. The number of amides is 1. The lowest BCUT2D eigenvalue weighted by Gasteiger charge is -2.10. The van der Waals surface area contributed by atoms with Gasteiger partial charge in [-0.2, -0.15) is 0 Å². The molecule has 0 aliphatic heterocycles. The molecule has 0 atom stereocenters. The molecule has 0 aromatic heterocycles. The molecular formula is C10H12N2O4. The van der Waals surface area contributed by atoms with Gasteiger partial charge in [0.2, 0.25) is 0 Å². The molecule has 1 aromatic carbocycles. The highest BCUT2D eigenvalue weighted by Gasteiger charge is 2.24. The Hall–Kier alpha value is -2.11. The van der Waals surface area contributed by atoms with Crippen LogP contribution in [0.5, 0.6) is 5.75 Å². The minimum absolute atomic E-state index is 0.0554. The maximum atomic E-state index is 11.2. The number of benzene rings is 1. The van der Waals surface area contributed by atoms with Crippen molar-refractivity contribution in [2.24, 2.45) is 5.73 Å². The number of carbonyl (C=O) groups is 1. The summed E-state index contributed by atoms with van der Waals surface area (Å²) in [4.78, 5) is 21.5. The highest BCUT2D eigenvalue weighted by Crippen LogP contribution is 2.32. The van der Waals surface area contributed by atoms with Gasteiger partial charge < -0.3 is 10.5 Å². The molecular weight excluding hydrogens is 212 g/mol. The first-order chi connectivity index (χ1) is 7.40. The van der Waals surface area contributed by atoms with Gasteiger partial charge in [0.1, 0.15) is 5.75 Å². The summed E-state index contributed by atoms with van der Waals surface area (Å²) in [6.45, 7) is 3.06. The monoisotopic (exact) mass is 224 g/mol. The van der Waals surface area contributed by atoms with Crippen LogP contribution in [0.1, 0.15) is 21.5 Å². The van der Waals surface area contributed by atoms with E-state index in [1.54, 1.807) is 6.92 Å². The first-order valence-electron chi connectivity index (χ1n) is 4.52. The maximum Gasteiger partial charge on any atom is 0.276 e. The number of methoxy groups -OCH3 is 1. The highest BCUT2D eigenvalue weighted by atomic mass is 16.6. The topological polar surface area (TPSA) is 95.5 Å². The fraction of sp³-hybridized carbons (Fsp3) is 0.300. The van der Waals surface area contributed by atoms with E-state index in [1.165, 1.54) is 20.1 Å². The van der Waals surface area contributed by atoms with E-state index in [1.807, 2.05) is 0 Å². The Balaban J connectivity index is 3.65. The van der Waals surface area contributed by atoms with Crippen molar-refractivity contribution in [3.8, 4) is 5.75 Å². The quantitative estimate of drug-likeness (QED) is 0.618. The van der Waals surface area contributed by atoms with E-state index in [0.717, 1.165) is 0 Å². The van der Waals surface area contributed by atoms with E-state index in [9.17, 15) is 14.9 Å². The summed E-state index contributed by atoms with van der Waals surface area (Å²) < 4.78 is 4.98. The van der Waals surface area contributed by atoms with Gasteiger partial charge in [0.05, 0.1) is 17.6 Å². The molecule has 6 nitrogen and oxygen atoms in total. The summed E-state index contributed by atoms with van der Waals surface area (Å²) >= 11 is 0. The van der Waals surface area contributed by atoms with Gasteiger partial charge in [-0.25, -0.2) is 0 Å². The van der Waals surface area contributed by atoms with Gasteiger partial charge in [0.15, 0.2) is 0 Å². The number of nitro benzene ring substituents is 1.